The molecule has 0 bridgehead atoms. The van der Waals surface area contributed by atoms with Gasteiger partial charge >= 0.3 is 0 Å². The van der Waals surface area contributed by atoms with Crippen molar-refractivity contribution in [3.8, 4) is 0 Å². The van der Waals surface area contributed by atoms with Gasteiger partial charge in [0.2, 0.25) is 0 Å². The van der Waals surface area contributed by atoms with E-state index in [1.54, 1.807) is 0 Å². The van der Waals surface area contributed by atoms with E-state index in [4.69, 9.17) is 5.11 Å². The van der Waals surface area contributed by atoms with Gasteiger partial charge in [0.25, 0.3) is 6.43 Å². The lowest BCUT2D eigenvalue weighted by molar-refractivity contribution is -0.119. The van der Waals surface area contributed by atoms with Crippen LogP contribution in [-0.2, 0) is 0 Å². The minimum Gasteiger partial charge on any atom is -0.379 e. The van der Waals surface area contributed by atoms with E-state index in [1.165, 1.54) is 0 Å². The standard InChI is InChI=1S/C4H6F4O/c5-1-4(9,2-6)3(7)8/h3,9H,1-2H2. The summed E-state index contributed by atoms with van der Waals surface area (Å²) in [5.41, 5.74) is -3.08. The summed E-state index contributed by atoms with van der Waals surface area (Å²) < 4.78 is 45.4. The van der Waals surface area contributed by atoms with Crippen LogP contribution in [0.1, 0.15) is 0 Å². The van der Waals surface area contributed by atoms with E-state index < -0.39 is 25.4 Å². The molecule has 0 aliphatic carbocycles. The first-order chi connectivity index (χ1) is 4.06. The Balaban J connectivity index is 3.92. The third-order valence-corrected chi connectivity index (χ3v) is 0.869. The monoisotopic (exact) mass is 146 g/mol. The van der Waals surface area contributed by atoms with Crippen molar-refractivity contribution in [2.75, 3.05) is 13.3 Å². The molecule has 0 spiro atoms. The van der Waals surface area contributed by atoms with Gasteiger partial charge in [-0.15, -0.1) is 0 Å². The molecule has 5 heteroatoms. The van der Waals surface area contributed by atoms with Crippen LogP contribution in [0.2, 0.25) is 0 Å². The molecule has 0 atom stereocenters. The zero-order chi connectivity index (χ0) is 7.49. The zero-order valence-corrected chi connectivity index (χ0v) is 4.45. The molecule has 0 aromatic heterocycles. The van der Waals surface area contributed by atoms with Crippen molar-refractivity contribution in [2.24, 2.45) is 0 Å². The van der Waals surface area contributed by atoms with E-state index in [9.17, 15) is 17.6 Å². The Hall–Kier alpha value is -0.320. The van der Waals surface area contributed by atoms with E-state index in [0.29, 0.717) is 0 Å². The Morgan fingerprint density at radius 3 is 1.56 bits per heavy atom. The van der Waals surface area contributed by atoms with Crippen molar-refractivity contribution in [1.82, 2.24) is 0 Å². The fourth-order valence-electron chi connectivity index (χ4n) is 0.152. The molecule has 56 valence electrons. The molecule has 9 heavy (non-hydrogen) atoms. The average molecular weight is 146 g/mol. The predicted molar refractivity (Wildman–Crippen MR) is 22.9 cm³/mol. The lowest BCUT2D eigenvalue weighted by Crippen LogP contribution is -2.41. The SMILES string of the molecule is OC(CF)(CF)C(F)F. The van der Waals surface area contributed by atoms with Crippen molar-refractivity contribution in [3.63, 3.8) is 0 Å². The summed E-state index contributed by atoms with van der Waals surface area (Å²) in [6, 6.07) is 0. The summed E-state index contributed by atoms with van der Waals surface area (Å²) in [7, 11) is 0. The van der Waals surface area contributed by atoms with E-state index in [0.717, 1.165) is 0 Å². The summed E-state index contributed by atoms with van der Waals surface area (Å²) in [4.78, 5) is 0. The summed E-state index contributed by atoms with van der Waals surface area (Å²) in [6.07, 6.45) is -3.37. The Bertz CT molecular complexity index is 80.6. The Labute approximate surface area is 49.3 Å². The normalized spacial score (nSPS) is 12.7. The molecule has 0 fully saturated rings. The van der Waals surface area contributed by atoms with Crippen molar-refractivity contribution in [1.29, 1.82) is 0 Å². The van der Waals surface area contributed by atoms with Crippen LogP contribution in [0, 0.1) is 0 Å². The van der Waals surface area contributed by atoms with E-state index in [1.807, 2.05) is 0 Å². The molecule has 0 unspecified atom stereocenters. The first-order valence-corrected chi connectivity index (χ1v) is 2.19. The van der Waals surface area contributed by atoms with Gasteiger partial charge in [-0.05, 0) is 0 Å². The highest BCUT2D eigenvalue weighted by Crippen LogP contribution is 2.16. The Morgan fingerprint density at radius 2 is 1.56 bits per heavy atom. The zero-order valence-electron chi connectivity index (χ0n) is 4.45. The second-order valence-electron chi connectivity index (χ2n) is 1.67. The summed E-state index contributed by atoms with van der Waals surface area (Å²) in [5, 5.41) is 8.21. The van der Waals surface area contributed by atoms with E-state index in [2.05, 4.69) is 0 Å². The van der Waals surface area contributed by atoms with Gasteiger partial charge in [0, 0.05) is 0 Å². The molecule has 0 radical (unpaired) electrons. The van der Waals surface area contributed by atoms with Crippen molar-refractivity contribution < 1.29 is 22.7 Å². The fraction of sp³-hybridized carbons (Fsp3) is 1.00. The molecule has 0 aliphatic heterocycles. The van der Waals surface area contributed by atoms with Gasteiger partial charge in [0.1, 0.15) is 13.3 Å². The third-order valence-electron chi connectivity index (χ3n) is 0.869. The van der Waals surface area contributed by atoms with Crippen LogP contribution in [0.3, 0.4) is 0 Å². The van der Waals surface area contributed by atoms with Crippen molar-refractivity contribution >= 4 is 0 Å². The molecule has 1 N–H and O–H groups in total. The molecule has 0 aromatic carbocycles. The Morgan fingerprint density at radius 1 is 1.22 bits per heavy atom. The maximum Gasteiger partial charge on any atom is 0.272 e. The third kappa shape index (κ3) is 1.82. The summed E-state index contributed by atoms with van der Waals surface area (Å²) in [6.45, 7) is -3.53. The van der Waals surface area contributed by atoms with E-state index in [-0.39, 0.29) is 0 Å². The molecule has 0 aromatic rings. The highest BCUT2D eigenvalue weighted by Gasteiger charge is 2.38. The minimum absolute atomic E-state index is 1.76. The quantitative estimate of drug-likeness (QED) is 0.587. The average Bonchev–Trinajstić information content (AvgIpc) is 1.86. The van der Waals surface area contributed by atoms with Crippen molar-refractivity contribution in [3.05, 3.63) is 0 Å². The first kappa shape index (κ1) is 8.68. The van der Waals surface area contributed by atoms with Crippen LogP contribution < -0.4 is 0 Å². The van der Waals surface area contributed by atoms with Gasteiger partial charge in [-0.25, -0.2) is 17.6 Å². The molecular formula is C4H6F4O. The molecule has 0 rings (SSSR count). The lowest BCUT2D eigenvalue weighted by Gasteiger charge is -2.18. The summed E-state index contributed by atoms with van der Waals surface area (Å²) >= 11 is 0. The number of hydrogen-bond donors (Lipinski definition) is 1. The highest BCUT2D eigenvalue weighted by molar-refractivity contribution is 4.79. The van der Waals surface area contributed by atoms with E-state index >= 15 is 0 Å². The van der Waals surface area contributed by atoms with Crippen LogP contribution in [0.4, 0.5) is 17.6 Å². The largest absolute Gasteiger partial charge is 0.379 e. The molecule has 0 aliphatic rings. The Kier molecular flexibility index (Phi) is 2.90. The van der Waals surface area contributed by atoms with Gasteiger partial charge in [-0.3, -0.25) is 0 Å². The van der Waals surface area contributed by atoms with Gasteiger partial charge < -0.3 is 5.11 Å². The van der Waals surface area contributed by atoms with Gasteiger partial charge in [0.05, 0.1) is 0 Å². The van der Waals surface area contributed by atoms with Crippen LogP contribution in [0.25, 0.3) is 0 Å². The van der Waals surface area contributed by atoms with Crippen LogP contribution in [-0.4, -0.2) is 30.5 Å². The number of rotatable bonds is 3. The van der Waals surface area contributed by atoms with Crippen LogP contribution >= 0.6 is 0 Å². The number of aliphatic hydroxyl groups is 1. The maximum atomic E-state index is 11.4. The molecule has 1 nitrogen and oxygen atoms in total. The topological polar surface area (TPSA) is 20.2 Å². The van der Waals surface area contributed by atoms with Crippen LogP contribution in [0.15, 0.2) is 0 Å². The number of alkyl halides is 4. The molecule has 0 amide bonds. The molecule has 0 saturated heterocycles. The second-order valence-corrected chi connectivity index (χ2v) is 1.67. The van der Waals surface area contributed by atoms with Crippen LogP contribution in [0.5, 0.6) is 0 Å². The number of hydrogen-bond acceptors (Lipinski definition) is 1. The first-order valence-electron chi connectivity index (χ1n) is 2.19. The summed E-state index contributed by atoms with van der Waals surface area (Å²) in [5.74, 6) is 0. The molecular weight excluding hydrogens is 140 g/mol. The maximum absolute atomic E-state index is 11.4. The lowest BCUT2D eigenvalue weighted by atomic mass is 10.1. The van der Waals surface area contributed by atoms with Gasteiger partial charge in [0.15, 0.2) is 5.60 Å². The number of halogens is 4. The molecule has 0 heterocycles. The minimum atomic E-state index is -3.37. The molecule has 0 saturated carbocycles. The highest BCUT2D eigenvalue weighted by atomic mass is 19.3. The van der Waals surface area contributed by atoms with Crippen molar-refractivity contribution in [2.45, 2.75) is 12.0 Å². The fourth-order valence-corrected chi connectivity index (χ4v) is 0.152. The predicted octanol–water partition coefficient (Wildman–Crippen LogP) is 0.922. The second kappa shape index (κ2) is 3.00. The van der Waals surface area contributed by atoms with Gasteiger partial charge in [-0.2, -0.15) is 0 Å². The smallest absolute Gasteiger partial charge is 0.272 e. The van der Waals surface area contributed by atoms with Gasteiger partial charge in [-0.1, -0.05) is 0 Å².